The number of halogens is 1. The molecule has 3 atom stereocenters. The van der Waals surface area contributed by atoms with Crippen LogP contribution in [0.2, 0.25) is 5.02 Å². The lowest BCUT2D eigenvalue weighted by Gasteiger charge is -2.39. The van der Waals surface area contributed by atoms with Crippen LogP contribution in [0.25, 0.3) is 11.1 Å². The third kappa shape index (κ3) is 4.83. The zero-order valence-electron chi connectivity index (χ0n) is 20.7. The van der Waals surface area contributed by atoms with Gasteiger partial charge in [-0.3, -0.25) is 0 Å². The molecule has 0 N–H and O–H groups in total. The molecule has 35 heavy (non-hydrogen) atoms. The van der Waals surface area contributed by atoms with E-state index in [-0.39, 0.29) is 17.7 Å². The van der Waals surface area contributed by atoms with Crippen LogP contribution in [0, 0.1) is 0 Å². The predicted molar refractivity (Wildman–Crippen MR) is 147 cm³/mol. The van der Waals surface area contributed by atoms with Crippen molar-refractivity contribution in [3.05, 3.63) is 119 Å². The lowest BCUT2D eigenvalue weighted by molar-refractivity contribution is 0.148. The Morgan fingerprint density at radius 3 is 2.17 bits per heavy atom. The largest absolute Gasteiger partial charge is 0.366 e. The lowest BCUT2D eigenvalue weighted by Crippen LogP contribution is -2.44. The highest BCUT2D eigenvalue weighted by atomic mass is 35.5. The van der Waals surface area contributed by atoms with Gasteiger partial charge in [0, 0.05) is 17.8 Å². The average Bonchev–Trinajstić information content (AvgIpc) is 3.63. The Balaban J connectivity index is 1.59. The minimum Gasteiger partial charge on any atom is -0.366 e. The third-order valence-electron chi connectivity index (χ3n) is 7.30. The van der Waals surface area contributed by atoms with Crippen molar-refractivity contribution in [1.82, 2.24) is 4.90 Å². The van der Waals surface area contributed by atoms with Gasteiger partial charge in [-0.05, 0) is 58.9 Å². The summed E-state index contributed by atoms with van der Waals surface area (Å²) in [7, 11) is 0. The first kappa shape index (κ1) is 23.9. The number of hydrogen-bond donors (Lipinski definition) is 0. The number of benzene rings is 3. The Labute approximate surface area is 214 Å². The molecular weight excluding hydrogens is 450 g/mol. The third-order valence-corrected chi connectivity index (χ3v) is 7.55. The molecule has 3 heteroatoms. The van der Waals surface area contributed by atoms with Crippen molar-refractivity contribution in [2.24, 2.45) is 0 Å². The van der Waals surface area contributed by atoms with E-state index in [1.807, 2.05) is 12.1 Å². The van der Waals surface area contributed by atoms with E-state index in [1.54, 1.807) is 0 Å². The molecule has 0 spiro atoms. The van der Waals surface area contributed by atoms with Crippen molar-refractivity contribution >= 4 is 22.7 Å². The van der Waals surface area contributed by atoms with E-state index in [2.05, 4.69) is 104 Å². The summed E-state index contributed by atoms with van der Waals surface area (Å²) >= 11 is 6.27. The van der Waals surface area contributed by atoms with Crippen molar-refractivity contribution in [3.8, 4) is 0 Å². The van der Waals surface area contributed by atoms with Crippen LogP contribution in [0.1, 0.15) is 56.2 Å². The Morgan fingerprint density at radius 2 is 1.54 bits per heavy atom. The van der Waals surface area contributed by atoms with Crippen LogP contribution >= 0.6 is 11.6 Å². The first-order valence-corrected chi connectivity index (χ1v) is 13.3. The normalized spacial score (nSPS) is 22.4. The number of allylic oxidation sites excluding steroid dienone is 2. The van der Waals surface area contributed by atoms with Crippen LogP contribution in [0.4, 0.5) is 0 Å². The Morgan fingerprint density at radius 1 is 0.886 bits per heavy atom. The summed E-state index contributed by atoms with van der Waals surface area (Å²) in [5.74, 6) is 0. The Bertz CT molecular complexity index is 1190. The van der Waals surface area contributed by atoms with Crippen molar-refractivity contribution < 1.29 is 4.74 Å². The monoisotopic (exact) mass is 483 g/mol. The van der Waals surface area contributed by atoms with Gasteiger partial charge in [0.2, 0.25) is 0 Å². The number of nitrogens with zero attached hydrogens (tertiary/aromatic N) is 1. The van der Waals surface area contributed by atoms with Gasteiger partial charge in [0.05, 0.1) is 12.1 Å². The van der Waals surface area contributed by atoms with Gasteiger partial charge in [-0.1, -0.05) is 111 Å². The number of rotatable bonds is 9. The molecule has 0 aromatic heterocycles. The highest BCUT2D eigenvalue weighted by molar-refractivity contribution is 6.30. The summed E-state index contributed by atoms with van der Waals surface area (Å²) in [4.78, 5) is 2.55. The molecule has 0 radical (unpaired) electrons. The molecule has 2 aliphatic rings. The summed E-state index contributed by atoms with van der Waals surface area (Å²) in [5, 5.41) is 0.766. The minimum atomic E-state index is -0.311. The SMILES string of the molecule is CCCC1OC1(c1ccc(Cl)cc1)C(CCC)N1C=C(c2ccccc2)C=C(c2ccccc2)C1. The summed E-state index contributed by atoms with van der Waals surface area (Å²) in [6.45, 7) is 5.38. The van der Waals surface area contributed by atoms with Crippen molar-refractivity contribution in [3.63, 3.8) is 0 Å². The van der Waals surface area contributed by atoms with Crippen molar-refractivity contribution in [2.75, 3.05) is 6.54 Å². The van der Waals surface area contributed by atoms with E-state index in [9.17, 15) is 0 Å². The van der Waals surface area contributed by atoms with E-state index in [1.165, 1.54) is 27.8 Å². The van der Waals surface area contributed by atoms with Crippen molar-refractivity contribution in [1.29, 1.82) is 0 Å². The first-order chi connectivity index (χ1) is 17.2. The van der Waals surface area contributed by atoms with Crippen LogP contribution in [0.15, 0.2) is 97.2 Å². The molecule has 180 valence electrons. The lowest BCUT2D eigenvalue weighted by atomic mass is 9.82. The molecule has 0 aliphatic carbocycles. The fourth-order valence-electron chi connectivity index (χ4n) is 5.59. The molecule has 0 saturated carbocycles. The van der Waals surface area contributed by atoms with Gasteiger partial charge in [-0.2, -0.15) is 0 Å². The average molecular weight is 484 g/mol. The van der Waals surface area contributed by atoms with Crippen LogP contribution in [-0.4, -0.2) is 23.6 Å². The zero-order chi connectivity index (χ0) is 24.3. The molecular formula is C32H34ClNO. The van der Waals surface area contributed by atoms with E-state index < -0.39 is 0 Å². The van der Waals surface area contributed by atoms with Gasteiger partial charge in [0.15, 0.2) is 0 Å². The summed E-state index contributed by atoms with van der Waals surface area (Å²) in [5.41, 5.74) is 6.03. The molecule has 2 nitrogen and oxygen atoms in total. The van der Waals surface area contributed by atoms with Crippen molar-refractivity contribution in [2.45, 2.75) is 57.3 Å². The molecule has 3 aromatic carbocycles. The molecule has 2 heterocycles. The van der Waals surface area contributed by atoms with E-state index >= 15 is 0 Å². The topological polar surface area (TPSA) is 15.8 Å². The van der Waals surface area contributed by atoms with Gasteiger partial charge in [0.1, 0.15) is 5.60 Å². The van der Waals surface area contributed by atoms with E-state index in [0.717, 1.165) is 37.3 Å². The molecule has 1 fully saturated rings. The van der Waals surface area contributed by atoms with E-state index in [4.69, 9.17) is 16.3 Å². The maximum absolute atomic E-state index is 6.69. The van der Waals surface area contributed by atoms with Gasteiger partial charge in [-0.25, -0.2) is 0 Å². The molecule has 0 bridgehead atoms. The van der Waals surface area contributed by atoms with Gasteiger partial charge in [0.25, 0.3) is 0 Å². The maximum atomic E-state index is 6.69. The standard InChI is InChI=1S/C32H34ClNO/c1-3-11-30(32(31(35-32)12-4-2)28-17-19-29(33)20-18-28)34-22-26(24-13-7-5-8-14-24)21-27(23-34)25-15-9-6-10-16-25/h5-10,13-22,30-31H,3-4,11-12,23H2,1-2H3. The summed E-state index contributed by atoms with van der Waals surface area (Å²) in [6.07, 6.45) is 9.28. The van der Waals surface area contributed by atoms with Crippen LogP contribution < -0.4 is 0 Å². The van der Waals surface area contributed by atoms with Gasteiger partial charge < -0.3 is 9.64 Å². The summed E-state index contributed by atoms with van der Waals surface area (Å²) in [6, 6.07) is 30.1. The number of epoxide rings is 1. The minimum absolute atomic E-state index is 0.227. The first-order valence-electron chi connectivity index (χ1n) is 12.9. The molecule has 5 rings (SSSR count). The molecule has 3 aromatic rings. The predicted octanol–water partition coefficient (Wildman–Crippen LogP) is 8.34. The second-order valence-corrected chi connectivity index (χ2v) is 10.1. The number of ether oxygens (including phenoxy) is 1. The summed E-state index contributed by atoms with van der Waals surface area (Å²) < 4.78 is 6.69. The molecule has 3 unspecified atom stereocenters. The smallest absolute Gasteiger partial charge is 0.140 e. The van der Waals surface area contributed by atoms with Crippen LogP contribution in [0.5, 0.6) is 0 Å². The van der Waals surface area contributed by atoms with E-state index in [0.29, 0.717) is 0 Å². The molecule has 1 saturated heterocycles. The second kappa shape index (κ2) is 10.4. The fraction of sp³-hybridized carbons (Fsp3) is 0.312. The zero-order valence-corrected chi connectivity index (χ0v) is 21.4. The highest BCUT2D eigenvalue weighted by Gasteiger charge is 2.62. The Hall–Kier alpha value is -2.81. The molecule has 2 aliphatic heterocycles. The quantitative estimate of drug-likeness (QED) is 0.284. The van der Waals surface area contributed by atoms with Gasteiger partial charge in [-0.15, -0.1) is 0 Å². The fourth-order valence-corrected chi connectivity index (χ4v) is 5.72. The van der Waals surface area contributed by atoms with Crippen LogP contribution in [-0.2, 0) is 10.3 Å². The van der Waals surface area contributed by atoms with Gasteiger partial charge >= 0.3 is 0 Å². The van der Waals surface area contributed by atoms with Crippen LogP contribution in [0.3, 0.4) is 0 Å². The molecule has 0 amide bonds. The second-order valence-electron chi connectivity index (χ2n) is 9.66. The maximum Gasteiger partial charge on any atom is 0.140 e. The Kier molecular flexibility index (Phi) is 7.13. The number of hydrogen-bond acceptors (Lipinski definition) is 2. The highest BCUT2D eigenvalue weighted by Crippen LogP contribution is 2.54.